The van der Waals surface area contributed by atoms with E-state index < -0.39 is 0 Å². The second-order valence-electron chi connectivity index (χ2n) is 6.15. The Morgan fingerprint density at radius 3 is 2.65 bits per heavy atom. The second-order valence-corrected chi connectivity index (χ2v) is 6.15. The predicted molar refractivity (Wildman–Crippen MR) is 69.8 cm³/mol. The Hall–Kier alpha value is -0.570. The molecule has 2 rings (SSSR count). The Bertz CT molecular complexity index is 265. The minimum absolute atomic E-state index is 0.178. The minimum Gasteiger partial charge on any atom is -0.353 e. The summed E-state index contributed by atoms with van der Waals surface area (Å²) in [6.45, 7) is 6.06. The first-order valence-electron chi connectivity index (χ1n) is 7.13. The van der Waals surface area contributed by atoms with Crippen LogP contribution in [0.15, 0.2) is 0 Å². The largest absolute Gasteiger partial charge is 0.353 e. The van der Waals surface area contributed by atoms with E-state index in [4.69, 9.17) is 0 Å². The Morgan fingerprint density at radius 1 is 1.35 bits per heavy atom. The van der Waals surface area contributed by atoms with Crippen molar-refractivity contribution in [2.45, 2.75) is 58.4 Å². The highest BCUT2D eigenvalue weighted by Gasteiger charge is 2.37. The van der Waals surface area contributed by atoms with Crippen molar-refractivity contribution in [2.75, 3.05) is 13.1 Å². The van der Waals surface area contributed by atoms with E-state index in [2.05, 4.69) is 24.5 Å². The van der Waals surface area contributed by atoms with Crippen molar-refractivity contribution < 1.29 is 4.79 Å². The Morgan fingerprint density at radius 2 is 2.06 bits per heavy atom. The summed E-state index contributed by atoms with van der Waals surface area (Å²) in [4.78, 5) is 12.3. The van der Waals surface area contributed by atoms with Crippen molar-refractivity contribution in [1.82, 2.24) is 10.6 Å². The van der Waals surface area contributed by atoms with Crippen LogP contribution in [0.5, 0.6) is 0 Å². The first kappa shape index (κ1) is 12.9. The molecule has 0 bridgehead atoms. The van der Waals surface area contributed by atoms with Gasteiger partial charge in [0.05, 0.1) is 5.41 Å². The maximum absolute atomic E-state index is 12.3. The highest BCUT2D eigenvalue weighted by molar-refractivity contribution is 5.83. The quantitative estimate of drug-likeness (QED) is 0.790. The topological polar surface area (TPSA) is 41.1 Å². The molecule has 2 unspecified atom stereocenters. The van der Waals surface area contributed by atoms with E-state index in [1.54, 1.807) is 0 Å². The predicted octanol–water partition coefficient (Wildman–Crippen LogP) is 2.07. The van der Waals surface area contributed by atoms with E-state index in [1.165, 1.54) is 32.1 Å². The van der Waals surface area contributed by atoms with Gasteiger partial charge in [-0.25, -0.2) is 0 Å². The molecule has 2 N–H and O–H groups in total. The molecule has 2 atom stereocenters. The molecule has 1 aliphatic heterocycles. The summed E-state index contributed by atoms with van der Waals surface area (Å²) in [5, 5.41) is 6.54. The molecule has 0 aromatic rings. The first-order chi connectivity index (χ1) is 8.12. The fraction of sp³-hybridized carbons (Fsp3) is 0.929. The van der Waals surface area contributed by atoms with Gasteiger partial charge < -0.3 is 10.6 Å². The van der Waals surface area contributed by atoms with E-state index >= 15 is 0 Å². The van der Waals surface area contributed by atoms with Gasteiger partial charge in [0.2, 0.25) is 5.91 Å². The molecule has 3 heteroatoms. The number of rotatable bonds is 3. The van der Waals surface area contributed by atoms with Crippen molar-refractivity contribution in [2.24, 2.45) is 11.3 Å². The van der Waals surface area contributed by atoms with E-state index in [-0.39, 0.29) is 11.3 Å². The van der Waals surface area contributed by atoms with Crippen LogP contribution in [0.4, 0.5) is 0 Å². The van der Waals surface area contributed by atoms with Gasteiger partial charge in [0.1, 0.15) is 0 Å². The fourth-order valence-electron chi connectivity index (χ4n) is 3.14. The number of carbonyl (C=O) groups excluding carboxylic acids is 1. The van der Waals surface area contributed by atoms with Gasteiger partial charge in [0, 0.05) is 12.6 Å². The molecule has 3 nitrogen and oxygen atoms in total. The Kier molecular flexibility index (Phi) is 4.08. The Labute approximate surface area is 105 Å². The van der Waals surface area contributed by atoms with Crippen LogP contribution in [0.3, 0.4) is 0 Å². The number of nitrogens with one attached hydrogen (secondary N) is 2. The van der Waals surface area contributed by atoms with Crippen LogP contribution in [0.25, 0.3) is 0 Å². The van der Waals surface area contributed by atoms with Gasteiger partial charge in [-0.05, 0) is 45.6 Å². The van der Waals surface area contributed by atoms with E-state index in [0.717, 1.165) is 19.5 Å². The summed E-state index contributed by atoms with van der Waals surface area (Å²) in [5.41, 5.74) is -0.178. The van der Waals surface area contributed by atoms with Crippen molar-refractivity contribution in [3.63, 3.8) is 0 Å². The normalized spacial score (nSPS) is 32.4. The molecule has 17 heavy (non-hydrogen) atoms. The molecule has 2 fully saturated rings. The zero-order valence-electron chi connectivity index (χ0n) is 11.2. The smallest absolute Gasteiger partial charge is 0.227 e. The minimum atomic E-state index is -0.178. The number of amides is 1. The van der Waals surface area contributed by atoms with Gasteiger partial charge in [-0.1, -0.05) is 19.3 Å². The van der Waals surface area contributed by atoms with Crippen LogP contribution >= 0.6 is 0 Å². The molecule has 1 saturated carbocycles. The van der Waals surface area contributed by atoms with Gasteiger partial charge in [0.15, 0.2) is 0 Å². The molecule has 0 aromatic heterocycles. The zero-order valence-corrected chi connectivity index (χ0v) is 11.2. The third-order valence-electron chi connectivity index (χ3n) is 4.63. The maximum Gasteiger partial charge on any atom is 0.227 e. The van der Waals surface area contributed by atoms with E-state index in [1.807, 2.05) is 0 Å². The highest BCUT2D eigenvalue weighted by atomic mass is 16.2. The molecule has 1 saturated heterocycles. The number of hydrogen-bond acceptors (Lipinski definition) is 2. The van der Waals surface area contributed by atoms with Gasteiger partial charge in [-0.15, -0.1) is 0 Å². The summed E-state index contributed by atoms with van der Waals surface area (Å²) >= 11 is 0. The van der Waals surface area contributed by atoms with Crippen LogP contribution in [-0.4, -0.2) is 25.0 Å². The lowest BCUT2D eigenvalue weighted by molar-refractivity contribution is -0.130. The average Bonchev–Trinajstić information content (AvgIpc) is 2.78. The third kappa shape index (κ3) is 3.01. The molecule has 1 amide bonds. The molecule has 0 aromatic carbocycles. The molecule has 1 aliphatic carbocycles. The van der Waals surface area contributed by atoms with Gasteiger partial charge in [-0.2, -0.15) is 0 Å². The van der Waals surface area contributed by atoms with Crippen molar-refractivity contribution >= 4 is 5.91 Å². The summed E-state index contributed by atoms with van der Waals surface area (Å²) in [6.07, 6.45) is 7.59. The van der Waals surface area contributed by atoms with Crippen molar-refractivity contribution in [1.29, 1.82) is 0 Å². The first-order valence-corrected chi connectivity index (χ1v) is 7.13. The summed E-state index contributed by atoms with van der Waals surface area (Å²) in [6, 6.07) is 0.347. The van der Waals surface area contributed by atoms with Crippen molar-refractivity contribution in [3.05, 3.63) is 0 Å². The average molecular weight is 238 g/mol. The van der Waals surface area contributed by atoms with Crippen LogP contribution in [-0.2, 0) is 4.79 Å². The highest BCUT2D eigenvalue weighted by Crippen LogP contribution is 2.28. The van der Waals surface area contributed by atoms with Gasteiger partial charge >= 0.3 is 0 Å². The van der Waals surface area contributed by atoms with Crippen LogP contribution in [0, 0.1) is 11.3 Å². The molecule has 0 spiro atoms. The molecular weight excluding hydrogens is 212 g/mol. The number of hydrogen-bond donors (Lipinski definition) is 2. The lowest BCUT2D eigenvalue weighted by atomic mass is 9.83. The maximum atomic E-state index is 12.3. The van der Waals surface area contributed by atoms with Crippen LogP contribution in [0.1, 0.15) is 52.4 Å². The summed E-state index contributed by atoms with van der Waals surface area (Å²) < 4.78 is 0. The van der Waals surface area contributed by atoms with Crippen molar-refractivity contribution in [3.8, 4) is 0 Å². The SMILES string of the molecule is CC(NC(=O)C1(C)CCNC1)C1CCCCC1. The zero-order chi connectivity index (χ0) is 12.3. The monoisotopic (exact) mass is 238 g/mol. The third-order valence-corrected chi connectivity index (χ3v) is 4.63. The Balaban J connectivity index is 1.84. The van der Waals surface area contributed by atoms with E-state index in [0.29, 0.717) is 12.0 Å². The lowest BCUT2D eigenvalue weighted by Crippen LogP contribution is -2.47. The molecule has 98 valence electrons. The van der Waals surface area contributed by atoms with E-state index in [9.17, 15) is 4.79 Å². The van der Waals surface area contributed by atoms with Gasteiger partial charge in [-0.3, -0.25) is 4.79 Å². The standard InChI is InChI=1S/C14H26N2O/c1-11(12-6-4-3-5-7-12)16-13(17)14(2)8-9-15-10-14/h11-12,15H,3-10H2,1-2H3,(H,16,17). The molecule has 2 aliphatic rings. The fourth-order valence-corrected chi connectivity index (χ4v) is 3.14. The molecule has 1 heterocycles. The number of carbonyl (C=O) groups is 1. The molecule has 0 radical (unpaired) electrons. The summed E-state index contributed by atoms with van der Waals surface area (Å²) in [5.74, 6) is 0.950. The van der Waals surface area contributed by atoms with Crippen LogP contribution < -0.4 is 10.6 Å². The lowest BCUT2D eigenvalue weighted by Gasteiger charge is -2.31. The summed E-state index contributed by atoms with van der Waals surface area (Å²) in [7, 11) is 0. The second kappa shape index (κ2) is 5.38. The van der Waals surface area contributed by atoms with Crippen LogP contribution in [0.2, 0.25) is 0 Å². The van der Waals surface area contributed by atoms with Gasteiger partial charge in [0.25, 0.3) is 0 Å². The molecular formula is C14H26N2O.